The quantitative estimate of drug-likeness (QED) is 0.587. The molecule has 2 aromatic carbocycles. The molecule has 134 valence electrons. The zero-order chi connectivity index (χ0) is 18.6. The molecule has 0 bridgehead atoms. The van der Waals surface area contributed by atoms with Crippen LogP contribution in [0.4, 0.5) is 17.6 Å². The number of hydrogen-bond donors (Lipinski definition) is 0. The van der Waals surface area contributed by atoms with Crippen LogP contribution < -0.4 is 4.74 Å². The molecule has 0 fully saturated rings. The van der Waals surface area contributed by atoms with Crippen LogP contribution in [0.3, 0.4) is 0 Å². The molecule has 0 atom stereocenters. The van der Waals surface area contributed by atoms with Gasteiger partial charge in [-0.15, -0.1) is 0 Å². The Morgan fingerprint density at radius 2 is 1.88 bits per heavy atom. The number of ether oxygens (including phenoxy) is 2. The zero-order valence-electron chi connectivity index (χ0n) is 13.6. The second-order valence-corrected chi connectivity index (χ2v) is 5.42. The lowest BCUT2D eigenvalue weighted by atomic mass is 10.0. The van der Waals surface area contributed by atoms with Crippen LogP contribution >= 0.6 is 0 Å². The summed E-state index contributed by atoms with van der Waals surface area (Å²) >= 11 is 0. The molecule has 2 rings (SSSR count). The summed E-state index contributed by atoms with van der Waals surface area (Å²) in [6, 6.07) is 7.69. The van der Waals surface area contributed by atoms with E-state index in [0.717, 1.165) is 12.1 Å². The third-order valence-electron chi connectivity index (χ3n) is 3.59. The summed E-state index contributed by atoms with van der Waals surface area (Å²) in [5, 5.41) is 0. The molecule has 0 heterocycles. The molecule has 0 aliphatic heterocycles. The highest BCUT2D eigenvalue weighted by atomic mass is 19.4. The molecular formula is C18H16F4O3. The highest BCUT2D eigenvalue weighted by Crippen LogP contribution is 2.37. The summed E-state index contributed by atoms with van der Waals surface area (Å²) < 4.78 is 63.2. The van der Waals surface area contributed by atoms with E-state index in [-0.39, 0.29) is 12.0 Å². The number of rotatable bonds is 5. The number of esters is 1. The Bertz CT molecular complexity index is 769. The standard InChI is InChI=1S/C18H16F4O3/c1-11-6-7-16(14(8-11)18(20,21)22)25-10-13-12(9-17(23)24-2)4-3-5-15(13)19/h3-8H,9-10H2,1-2H3. The van der Waals surface area contributed by atoms with Gasteiger partial charge in [0.25, 0.3) is 0 Å². The average Bonchev–Trinajstić information content (AvgIpc) is 2.54. The number of carbonyl (C=O) groups excluding carboxylic acids is 1. The SMILES string of the molecule is COC(=O)Cc1cccc(F)c1COc1ccc(C)cc1C(F)(F)F. The fraction of sp³-hybridized carbons (Fsp3) is 0.278. The molecule has 0 radical (unpaired) electrons. The Hall–Kier alpha value is -2.57. The van der Waals surface area contributed by atoms with Gasteiger partial charge in [-0.3, -0.25) is 4.79 Å². The molecule has 0 N–H and O–H groups in total. The Kier molecular flexibility index (Phi) is 5.66. The van der Waals surface area contributed by atoms with Crippen molar-refractivity contribution in [1.82, 2.24) is 0 Å². The highest BCUT2D eigenvalue weighted by molar-refractivity contribution is 5.72. The molecule has 7 heteroatoms. The number of carbonyl (C=O) groups is 1. The molecule has 0 saturated carbocycles. The van der Waals surface area contributed by atoms with Crippen molar-refractivity contribution in [2.24, 2.45) is 0 Å². The van der Waals surface area contributed by atoms with Crippen LogP contribution in [-0.4, -0.2) is 13.1 Å². The van der Waals surface area contributed by atoms with Gasteiger partial charge < -0.3 is 9.47 Å². The van der Waals surface area contributed by atoms with Gasteiger partial charge in [-0.1, -0.05) is 23.8 Å². The normalized spacial score (nSPS) is 11.3. The fourth-order valence-electron chi connectivity index (χ4n) is 2.30. The van der Waals surface area contributed by atoms with Gasteiger partial charge in [-0.2, -0.15) is 13.2 Å². The lowest BCUT2D eigenvalue weighted by Gasteiger charge is -2.16. The van der Waals surface area contributed by atoms with Gasteiger partial charge in [0.2, 0.25) is 0 Å². The largest absolute Gasteiger partial charge is 0.488 e. The molecule has 2 aromatic rings. The lowest BCUT2D eigenvalue weighted by molar-refractivity contribution is -0.140. The van der Waals surface area contributed by atoms with Crippen molar-refractivity contribution in [3.8, 4) is 5.75 Å². The Labute approximate surface area is 142 Å². The zero-order valence-corrected chi connectivity index (χ0v) is 13.6. The molecule has 25 heavy (non-hydrogen) atoms. The van der Waals surface area contributed by atoms with E-state index in [4.69, 9.17) is 4.74 Å². The Morgan fingerprint density at radius 1 is 1.16 bits per heavy atom. The maximum atomic E-state index is 14.1. The van der Waals surface area contributed by atoms with E-state index in [1.54, 1.807) is 0 Å². The van der Waals surface area contributed by atoms with Crippen molar-refractivity contribution < 1.29 is 31.8 Å². The molecule has 0 amide bonds. The minimum absolute atomic E-state index is 0.0154. The van der Waals surface area contributed by atoms with Crippen molar-refractivity contribution in [2.75, 3.05) is 7.11 Å². The minimum Gasteiger partial charge on any atom is -0.488 e. The number of methoxy groups -OCH3 is 1. The first kappa shape index (κ1) is 18.8. The maximum absolute atomic E-state index is 14.1. The summed E-state index contributed by atoms with van der Waals surface area (Å²) in [5.41, 5.74) is -0.190. The van der Waals surface area contributed by atoms with Crippen LogP contribution in [0.1, 0.15) is 22.3 Å². The van der Waals surface area contributed by atoms with E-state index in [9.17, 15) is 22.4 Å². The van der Waals surface area contributed by atoms with E-state index in [2.05, 4.69) is 4.74 Å². The monoisotopic (exact) mass is 356 g/mol. The van der Waals surface area contributed by atoms with Crippen LogP contribution in [0.2, 0.25) is 0 Å². The predicted molar refractivity (Wildman–Crippen MR) is 82.6 cm³/mol. The first-order valence-corrected chi connectivity index (χ1v) is 7.36. The van der Waals surface area contributed by atoms with Crippen LogP contribution in [0.5, 0.6) is 5.75 Å². The van der Waals surface area contributed by atoms with Gasteiger partial charge in [-0.25, -0.2) is 4.39 Å². The van der Waals surface area contributed by atoms with Crippen molar-refractivity contribution in [3.63, 3.8) is 0 Å². The third kappa shape index (κ3) is 4.71. The second kappa shape index (κ2) is 7.55. The van der Waals surface area contributed by atoms with Gasteiger partial charge >= 0.3 is 12.1 Å². The molecule has 3 nitrogen and oxygen atoms in total. The molecule has 0 aliphatic carbocycles. The van der Waals surface area contributed by atoms with Crippen LogP contribution in [0.25, 0.3) is 0 Å². The van der Waals surface area contributed by atoms with Crippen LogP contribution in [-0.2, 0) is 28.7 Å². The van der Waals surface area contributed by atoms with Crippen molar-refractivity contribution >= 4 is 5.97 Å². The van der Waals surface area contributed by atoms with Crippen LogP contribution in [0, 0.1) is 12.7 Å². The molecule has 0 aliphatic rings. The van der Waals surface area contributed by atoms with Gasteiger partial charge in [0.1, 0.15) is 18.2 Å². The predicted octanol–water partition coefficient (Wildman–Crippen LogP) is 4.45. The molecule has 0 unspecified atom stereocenters. The first-order chi connectivity index (χ1) is 11.7. The average molecular weight is 356 g/mol. The van der Waals surface area contributed by atoms with E-state index in [1.165, 1.54) is 38.3 Å². The second-order valence-electron chi connectivity index (χ2n) is 5.42. The van der Waals surface area contributed by atoms with Crippen molar-refractivity contribution in [2.45, 2.75) is 26.1 Å². The van der Waals surface area contributed by atoms with Crippen LogP contribution in [0.15, 0.2) is 36.4 Å². The van der Waals surface area contributed by atoms with E-state index in [1.807, 2.05) is 0 Å². The molecule has 0 aromatic heterocycles. The Morgan fingerprint density at radius 3 is 2.52 bits per heavy atom. The van der Waals surface area contributed by atoms with Crippen molar-refractivity contribution in [1.29, 1.82) is 0 Å². The summed E-state index contributed by atoms with van der Waals surface area (Å²) in [7, 11) is 1.19. The Balaban J connectivity index is 2.29. The third-order valence-corrected chi connectivity index (χ3v) is 3.59. The maximum Gasteiger partial charge on any atom is 0.419 e. The molecular weight excluding hydrogens is 340 g/mol. The number of aryl methyl sites for hydroxylation is 1. The summed E-state index contributed by atoms with van der Waals surface area (Å²) in [4.78, 5) is 11.4. The summed E-state index contributed by atoms with van der Waals surface area (Å²) in [5.74, 6) is -1.65. The van der Waals surface area contributed by atoms with E-state index >= 15 is 0 Å². The number of halogens is 4. The van der Waals surface area contributed by atoms with Gasteiger partial charge in [0.05, 0.1) is 19.1 Å². The topological polar surface area (TPSA) is 35.5 Å². The van der Waals surface area contributed by atoms with Crippen molar-refractivity contribution in [3.05, 3.63) is 64.5 Å². The lowest BCUT2D eigenvalue weighted by Crippen LogP contribution is -2.12. The highest BCUT2D eigenvalue weighted by Gasteiger charge is 2.34. The first-order valence-electron chi connectivity index (χ1n) is 7.36. The summed E-state index contributed by atoms with van der Waals surface area (Å²) in [6.07, 6.45) is -4.79. The fourth-order valence-corrected chi connectivity index (χ4v) is 2.30. The summed E-state index contributed by atoms with van der Waals surface area (Å²) in [6.45, 7) is 1.09. The van der Waals surface area contributed by atoms with E-state index < -0.39 is 35.9 Å². The van der Waals surface area contributed by atoms with Gasteiger partial charge in [0, 0.05) is 5.56 Å². The van der Waals surface area contributed by atoms with Gasteiger partial charge in [-0.05, 0) is 30.7 Å². The number of benzene rings is 2. The smallest absolute Gasteiger partial charge is 0.419 e. The van der Waals surface area contributed by atoms with E-state index in [0.29, 0.717) is 11.1 Å². The minimum atomic E-state index is -4.59. The number of alkyl halides is 3. The molecule has 0 spiro atoms. The van der Waals surface area contributed by atoms with Gasteiger partial charge in [0.15, 0.2) is 0 Å². The number of hydrogen-bond acceptors (Lipinski definition) is 3. The molecule has 0 saturated heterocycles.